The van der Waals surface area contributed by atoms with Crippen LogP contribution < -0.4 is 10.1 Å². The van der Waals surface area contributed by atoms with E-state index in [1.54, 1.807) is 18.3 Å². The molecule has 5 nitrogen and oxygen atoms in total. The molecule has 1 amide bonds. The van der Waals surface area contributed by atoms with Crippen LogP contribution in [0.15, 0.2) is 52.7 Å². The van der Waals surface area contributed by atoms with E-state index in [1.807, 2.05) is 30.3 Å². The highest BCUT2D eigenvalue weighted by atomic mass is 35.5. The van der Waals surface area contributed by atoms with Crippen LogP contribution in [0.1, 0.15) is 11.1 Å². The highest BCUT2D eigenvalue weighted by Gasteiger charge is 2.15. The first-order valence-electron chi connectivity index (χ1n) is 7.31. The van der Waals surface area contributed by atoms with Gasteiger partial charge in [-0.3, -0.25) is 4.79 Å². The number of ether oxygens (including phenoxy) is 1. The van der Waals surface area contributed by atoms with Crippen LogP contribution in [0.4, 0.5) is 0 Å². The summed E-state index contributed by atoms with van der Waals surface area (Å²) in [5.41, 5.74) is 1.69. The van der Waals surface area contributed by atoms with Gasteiger partial charge in [0.15, 0.2) is 5.17 Å². The van der Waals surface area contributed by atoms with E-state index in [9.17, 15) is 4.79 Å². The fourth-order valence-corrected chi connectivity index (χ4v) is 2.98. The van der Waals surface area contributed by atoms with E-state index in [2.05, 4.69) is 15.5 Å². The maximum absolute atomic E-state index is 11.1. The first-order chi connectivity index (χ1) is 12.1. The summed E-state index contributed by atoms with van der Waals surface area (Å²) >= 11 is 13.2. The number of hydrogen-bond donors (Lipinski definition) is 1. The smallest absolute Gasteiger partial charge is 0.236 e. The van der Waals surface area contributed by atoms with Crippen molar-refractivity contribution in [1.82, 2.24) is 5.32 Å². The number of amides is 1. The summed E-state index contributed by atoms with van der Waals surface area (Å²) in [6.07, 6.45) is 1.59. The first kappa shape index (κ1) is 17.8. The summed E-state index contributed by atoms with van der Waals surface area (Å²) in [6.45, 7) is 0.349. The molecule has 0 unspecified atom stereocenters. The summed E-state index contributed by atoms with van der Waals surface area (Å²) in [5, 5.41) is 12.1. The lowest BCUT2D eigenvalue weighted by Gasteiger charge is -2.09. The van der Waals surface area contributed by atoms with Crippen molar-refractivity contribution in [2.45, 2.75) is 6.61 Å². The van der Waals surface area contributed by atoms with Crippen LogP contribution in [0.3, 0.4) is 0 Å². The molecule has 0 radical (unpaired) electrons. The zero-order valence-electron chi connectivity index (χ0n) is 12.9. The van der Waals surface area contributed by atoms with Crippen LogP contribution in [0.25, 0.3) is 0 Å². The van der Waals surface area contributed by atoms with Gasteiger partial charge < -0.3 is 10.1 Å². The highest BCUT2D eigenvalue weighted by molar-refractivity contribution is 8.15. The molecule has 2 aromatic rings. The first-order valence-corrected chi connectivity index (χ1v) is 9.05. The number of nitrogens with one attached hydrogen (secondary N) is 1. The Morgan fingerprint density at radius 3 is 2.80 bits per heavy atom. The number of benzene rings is 2. The molecule has 1 fully saturated rings. The van der Waals surface area contributed by atoms with Gasteiger partial charge in [0.05, 0.1) is 22.0 Å². The predicted octanol–water partition coefficient (Wildman–Crippen LogP) is 4.13. The Bertz CT molecular complexity index is 856. The van der Waals surface area contributed by atoms with Gasteiger partial charge in [0, 0.05) is 5.56 Å². The van der Waals surface area contributed by atoms with Crippen molar-refractivity contribution in [3.05, 3.63) is 63.6 Å². The van der Waals surface area contributed by atoms with Crippen LogP contribution in [-0.2, 0) is 11.4 Å². The molecule has 2 aromatic carbocycles. The van der Waals surface area contributed by atoms with Crippen LogP contribution in [0.5, 0.6) is 5.75 Å². The van der Waals surface area contributed by atoms with E-state index in [-0.39, 0.29) is 5.91 Å². The maximum Gasteiger partial charge on any atom is 0.236 e. The van der Waals surface area contributed by atoms with E-state index in [0.717, 1.165) is 11.1 Å². The Balaban J connectivity index is 1.68. The summed E-state index contributed by atoms with van der Waals surface area (Å²) in [7, 11) is 0. The number of amidine groups is 1. The number of thioether (sulfide) groups is 1. The third kappa shape index (κ3) is 4.98. The van der Waals surface area contributed by atoms with Crippen molar-refractivity contribution < 1.29 is 9.53 Å². The standard InChI is InChI=1S/C17H13Cl2N3O2S/c18-13-6-5-11(7-14(13)19)9-24-15-4-2-1-3-12(15)8-20-22-17-21-16(23)10-25-17/h1-8H,9-10H2,(H,21,22,23)/b20-8-. The molecule has 1 N–H and O–H groups in total. The second-order valence-corrected chi connectivity index (χ2v) is 6.84. The molecule has 8 heteroatoms. The van der Waals surface area contributed by atoms with Crippen molar-refractivity contribution in [2.75, 3.05) is 5.75 Å². The molecule has 0 saturated carbocycles. The third-order valence-electron chi connectivity index (χ3n) is 3.23. The summed E-state index contributed by atoms with van der Waals surface area (Å²) < 4.78 is 5.84. The van der Waals surface area contributed by atoms with Gasteiger partial charge in [-0.1, -0.05) is 53.2 Å². The summed E-state index contributed by atoms with van der Waals surface area (Å²) in [6, 6.07) is 12.8. The number of carbonyl (C=O) groups is 1. The van der Waals surface area contributed by atoms with Crippen LogP contribution in [0, 0.1) is 0 Å². The second kappa shape index (κ2) is 8.38. The molecule has 1 aliphatic heterocycles. The maximum atomic E-state index is 11.1. The van der Waals surface area contributed by atoms with E-state index in [0.29, 0.717) is 33.3 Å². The average molecular weight is 394 g/mol. The molecule has 0 aliphatic carbocycles. The predicted molar refractivity (Wildman–Crippen MR) is 103 cm³/mol. The molecular formula is C17H13Cl2N3O2S. The van der Waals surface area contributed by atoms with Gasteiger partial charge in [-0.2, -0.15) is 5.10 Å². The molecule has 1 aliphatic rings. The minimum absolute atomic E-state index is 0.0655. The molecular weight excluding hydrogens is 381 g/mol. The van der Waals surface area contributed by atoms with E-state index in [4.69, 9.17) is 27.9 Å². The van der Waals surface area contributed by atoms with Crippen molar-refractivity contribution >= 4 is 52.3 Å². The van der Waals surface area contributed by atoms with Gasteiger partial charge in [0.1, 0.15) is 12.4 Å². The lowest BCUT2D eigenvalue weighted by molar-refractivity contribution is -0.116. The quantitative estimate of drug-likeness (QED) is 0.613. The lowest BCUT2D eigenvalue weighted by atomic mass is 10.2. The Hall–Kier alpha value is -2.02. The number of nitrogens with zero attached hydrogens (tertiary/aromatic N) is 2. The molecule has 3 rings (SSSR count). The number of hydrogen-bond acceptors (Lipinski definition) is 5. The number of carbonyl (C=O) groups excluding carboxylic acids is 1. The Morgan fingerprint density at radius 1 is 1.20 bits per heavy atom. The fraction of sp³-hybridized carbons (Fsp3) is 0.118. The van der Waals surface area contributed by atoms with Crippen molar-refractivity contribution in [2.24, 2.45) is 10.2 Å². The number of para-hydroxylation sites is 1. The monoisotopic (exact) mass is 393 g/mol. The van der Waals surface area contributed by atoms with Crippen LogP contribution >= 0.6 is 35.0 Å². The van der Waals surface area contributed by atoms with Crippen molar-refractivity contribution in [3.8, 4) is 5.75 Å². The van der Waals surface area contributed by atoms with E-state index in [1.165, 1.54) is 11.8 Å². The van der Waals surface area contributed by atoms with Crippen molar-refractivity contribution in [3.63, 3.8) is 0 Å². The van der Waals surface area contributed by atoms with Gasteiger partial charge in [0.2, 0.25) is 5.91 Å². The zero-order chi connectivity index (χ0) is 17.6. The fourth-order valence-electron chi connectivity index (χ4n) is 2.03. The molecule has 0 aromatic heterocycles. The van der Waals surface area contributed by atoms with Gasteiger partial charge in [-0.25, -0.2) is 0 Å². The minimum atomic E-state index is -0.0655. The Morgan fingerprint density at radius 2 is 2.04 bits per heavy atom. The van der Waals surface area contributed by atoms with Crippen LogP contribution in [0.2, 0.25) is 10.0 Å². The molecule has 25 heavy (non-hydrogen) atoms. The molecule has 0 atom stereocenters. The zero-order valence-corrected chi connectivity index (χ0v) is 15.2. The largest absolute Gasteiger partial charge is 0.488 e. The van der Waals surface area contributed by atoms with E-state index < -0.39 is 0 Å². The van der Waals surface area contributed by atoms with Gasteiger partial charge >= 0.3 is 0 Å². The second-order valence-electron chi connectivity index (χ2n) is 5.06. The molecule has 0 spiro atoms. The lowest BCUT2D eigenvalue weighted by Crippen LogP contribution is -2.19. The van der Waals surface area contributed by atoms with Gasteiger partial charge in [0.25, 0.3) is 0 Å². The highest BCUT2D eigenvalue weighted by Crippen LogP contribution is 2.24. The topological polar surface area (TPSA) is 63.0 Å². The SMILES string of the molecule is O=C1CSC(=N/N=C\c2ccccc2OCc2ccc(Cl)c(Cl)c2)N1. The van der Waals surface area contributed by atoms with Gasteiger partial charge in [-0.15, -0.1) is 5.10 Å². The Kier molecular flexibility index (Phi) is 5.96. The van der Waals surface area contributed by atoms with Gasteiger partial charge in [-0.05, 0) is 29.8 Å². The van der Waals surface area contributed by atoms with Crippen molar-refractivity contribution in [1.29, 1.82) is 0 Å². The normalized spacial score (nSPS) is 15.8. The molecule has 1 saturated heterocycles. The summed E-state index contributed by atoms with van der Waals surface area (Å²) in [5.74, 6) is 0.975. The molecule has 1 heterocycles. The van der Waals surface area contributed by atoms with Crippen LogP contribution in [-0.4, -0.2) is 23.0 Å². The molecule has 0 bridgehead atoms. The number of halogens is 2. The summed E-state index contributed by atoms with van der Waals surface area (Å²) in [4.78, 5) is 11.1. The average Bonchev–Trinajstić information content (AvgIpc) is 3.02. The number of rotatable bonds is 5. The van der Waals surface area contributed by atoms with E-state index >= 15 is 0 Å². The molecule has 128 valence electrons. The Labute approximate surface area is 159 Å². The minimum Gasteiger partial charge on any atom is -0.488 e. The third-order valence-corrected chi connectivity index (χ3v) is 4.83.